The average molecular weight is 983 g/mol. The van der Waals surface area contributed by atoms with Gasteiger partial charge >= 0.3 is 59.2 Å². The van der Waals surface area contributed by atoms with Crippen molar-refractivity contribution in [2.24, 2.45) is 0 Å². The van der Waals surface area contributed by atoms with Gasteiger partial charge in [-0.15, -0.1) is 0 Å². The number of rotatable bonds is 35. The summed E-state index contributed by atoms with van der Waals surface area (Å²) in [5.74, 6) is -81.2. The molecule has 24 heteroatoms. The SMILES string of the molecule is FC(F)(CCCCCCCCCCCOC1CCCO1)C(F)(F)C(F)(F)C(F)(F)C(F)(F)C(F)(F)C(F)(F)C(F)(F)C(F)(F)C(F)(F)CCCCCCCCCCCOC1CCCO1. The molecule has 0 saturated carbocycles. The second kappa shape index (κ2) is 24.1. The van der Waals surface area contributed by atoms with Crippen LogP contribution < -0.4 is 0 Å². The zero-order chi connectivity index (χ0) is 48.8. The van der Waals surface area contributed by atoms with Crippen molar-refractivity contribution < 1.29 is 107 Å². The quantitative estimate of drug-likeness (QED) is 0.0468. The number of hydrogen-bond donors (Lipinski definition) is 0. The standard InChI is InChI=1S/C40H58F20O4/c41-31(42,23-15-11-7-3-1-5-9-13-17-25-61-29-21-19-27-63-29)33(45,46)35(49,50)37(53,54)39(57,58)40(59,60)38(55,56)36(51,52)34(47,48)32(43,44)24-16-12-8-4-2-6-10-14-18-26-62-30-22-20-28-64-30/h29-30H,1-28H2. The lowest BCUT2D eigenvalue weighted by molar-refractivity contribution is -0.469. The highest BCUT2D eigenvalue weighted by molar-refractivity contribution is 5.18. The summed E-state index contributed by atoms with van der Waals surface area (Å²) >= 11 is 0. The van der Waals surface area contributed by atoms with Gasteiger partial charge in [0.05, 0.1) is 0 Å². The lowest BCUT2D eigenvalue weighted by Gasteiger charge is -2.45. The van der Waals surface area contributed by atoms with Crippen LogP contribution in [0.2, 0.25) is 0 Å². The van der Waals surface area contributed by atoms with Gasteiger partial charge in [0, 0.05) is 52.1 Å². The molecule has 0 spiro atoms. The average Bonchev–Trinajstić information content (AvgIpc) is 3.93. The Labute approximate surface area is 359 Å². The highest BCUT2D eigenvalue weighted by atomic mass is 19.4. The number of hydrogen-bond acceptors (Lipinski definition) is 4. The lowest BCUT2D eigenvalue weighted by Crippen LogP contribution is -2.77. The summed E-state index contributed by atoms with van der Waals surface area (Å²) < 4.78 is 309. The van der Waals surface area contributed by atoms with Crippen LogP contribution in [0.3, 0.4) is 0 Å². The van der Waals surface area contributed by atoms with E-state index in [-0.39, 0.29) is 38.3 Å². The van der Waals surface area contributed by atoms with Crippen LogP contribution >= 0.6 is 0 Å². The molecule has 2 unspecified atom stereocenters. The van der Waals surface area contributed by atoms with E-state index in [4.69, 9.17) is 18.9 Å². The third-order valence-corrected chi connectivity index (χ3v) is 11.3. The molecule has 2 aliphatic heterocycles. The molecule has 2 saturated heterocycles. The highest BCUT2D eigenvalue weighted by Gasteiger charge is 2.97. The number of alkyl halides is 20. The fraction of sp³-hybridized carbons (Fsp3) is 1.00. The summed E-state index contributed by atoms with van der Waals surface area (Å²) in [5, 5.41) is 0. The molecule has 0 aromatic heterocycles. The topological polar surface area (TPSA) is 36.9 Å². The molecule has 2 heterocycles. The van der Waals surface area contributed by atoms with E-state index in [0.29, 0.717) is 77.8 Å². The van der Waals surface area contributed by atoms with E-state index >= 15 is 0 Å². The predicted molar refractivity (Wildman–Crippen MR) is 192 cm³/mol. The Bertz CT molecular complexity index is 1220. The molecule has 0 aromatic carbocycles. The van der Waals surface area contributed by atoms with Gasteiger partial charge in [0.25, 0.3) is 0 Å². The Morgan fingerprint density at radius 3 is 0.750 bits per heavy atom. The van der Waals surface area contributed by atoms with E-state index in [0.717, 1.165) is 38.5 Å². The molecule has 0 amide bonds. The van der Waals surface area contributed by atoms with Gasteiger partial charge in [-0.1, -0.05) is 89.9 Å². The van der Waals surface area contributed by atoms with Crippen LogP contribution in [-0.2, 0) is 18.9 Å². The lowest BCUT2D eigenvalue weighted by atomic mass is 9.84. The van der Waals surface area contributed by atoms with Crippen LogP contribution in [-0.4, -0.2) is 98.2 Å². The van der Waals surface area contributed by atoms with Gasteiger partial charge in [-0.2, -0.15) is 87.8 Å². The smallest absolute Gasteiger partial charge is 0.353 e. The molecule has 382 valence electrons. The molecule has 0 radical (unpaired) electrons. The van der Waals surface area contributed by atoms with Gasteiger partial charge in [-0.05, 0) is 38.5 Å². The van der Waals surface area contributed by atoms with Crippen molar-refractivity contribution in [3.8, 4) is 0 Å². The Morgan fingerprint density at radius 1 is 0.297 bits per heavy atom. The van der Waals surface area contributed by atoms with Crippen molar-refractivity contribution in [1.29, 1.82) is 0 Å². The van der Waals surface area contributed by atoms with E-state index in [1.807, 2.05) is 0 Å². The maximum absolute atomic E-state index is 14.4. The van der Waals surface area contributed by atoms with Crippen LogP contribution in [0.4, 0.5) is 87.8 Å². The minimum atomic E-state index is -9.00. The fourth-order valence-corrected chi connectivity index (χ4v) is 7.12. The van der Waals surface area contributed by atoms with E-state index in [2.05, 4.69) is 0 Å². The van der Waals surface area contributed by atoms with Crippen molar-refractivity contribution in [2.75, 3.05) is 26.4 Å². The van der Waals surface area contributed by atoms with E-state index in [1.54, 1.807) is 0 Å². The fourth-order valence-electron chi connectivity index (χ4n) is 7.12. The maximum atomic E-state index is 14.4. The molecule has 2 atom stereocenters. The van der Waals surface area contributed by atoms with Crippen molar-refractivity contribution in [2.45, 2.75) is 226 Å². The van der Waals surface area contributed by atoms with Gasteiger partial charge in [-0.25, -0.2) is 0 Å². The highest BCUT2D eigenvalue weighted by Crippen LogP contribution is 2.66. The van der Waals surface area contributed by atoms with Crippen LogP contribution in [0.25, 0.3) is 0 Å². The van der Waals surface area contributed by atoms with Gasteiger partial charge in [0.1, 0.15) is 0 Å². The second-order valence-corrected chi connectivity index (χ2v) is 16.5. The van der Waals surface area contributed by atoms with Crippen LogP contribution in [0, 0.1) is 0 Å². The number of unbranched alkanes of at least 4 members (excludes halogenated alkanes) is 16. The summed E-state index contributed by atoms with van der Waals surface area (Å²) in [5.41, 5.74) is 0. The Hall–Kier alpha value is -1.56. The van der Waals surface area contributed by atoms with Crippen molar-refractivity contribution in [1.82, 2.24) is 0 Å². The van der Waals surface area contributed by atoms with Crippen LogP contribution in [0.15, 0.2) is 0 Å². The Morgan fingerprint density at radius 2 is 0.516 bits per heavy atom. The molecule has 2 fully saturated rings. The molecule has 4 nitrogen and oxygen atoms in total. The van der Waals surface area contributed by atoms with Crippen LogP contribution in [0.1, 0.15) is 154 Å². The first-order chi connectivity index (χ1) is 29.4. The van der Waals surface area contributed by atoms with Crippen molar-refractivity contribution in [3.05, 3.63) is 0 Å². The monoisotopic (exact) mass is 982 g/mol. The van der Waals surface area contributed by atoms with Gasteiger partial charge < -0.3 is 18.9 Å². The number of halogens is 20. The Kier molecular flexibility index (Phi) is 22.1. The molecular weight excluding hydrogens is 924 g/mol. The normalized spacial score (nSPS) is 19.3. The van der Waals surface area contributed by atoms with Gasteiger partial charge in [-0.3, -0.25) is 0 Å². The molecule has 0 aliphatic carbocycles. The molecule has 0 N–H and O–H groups in total. The van der Waals surface area contributed by atoms with Gasteiger partial charge in [0.2, 0.25) is 0 Å². The van der Waals surface area contributed by atoms with Crippen molar-refractivity contribution in [3.63, 3.8) is 0 Å². The minimum absolute atomic E-state index is 0.0255. The van der Waals surface area contributed by atoms with E-state index in [9.17, 15) is 87.8 Å². The molecular formula is C40H58F20O4. The number of ether oxygens (including phenoxy) is 4. The summed E-state index contributed by atoms with van der Waals surface area (Å²) in [4.78, 5) is 0. The van der Waals surface area contributed by atoms with E-state index < -0.39 is 97.8 Å². The molecule has 64 heavy (non-hydrogen) atoms. The van der Waals surface area contributed by atoms with E-state index in [1.165, 1.54) is 0 Å². The molecule has 0 bridgehead atoms. The molecule has 2 rings (SSSR count). The van der Waals surface area contributed by atoms with Crippen LogP contribution in [0.5, 0.6) is 0 Å². The summed E-state index contributed by atoms with van der Waals surface area (Å²) in [7, 11) is 0. The summed E-state index contributed by atoms with van der Waals surface area (Å²) in [6, 6.07) is 0. The first-order valence-electron chi connectivity index (χ1n) is 21.7. The largest absolute Gasteiger partial charge is 0.385 e. The zero-order valence-corrected chi connectivity index (χ0v) is 35.1. The maximum Gasteiger partial charge on any atom is 0.385 e. The molecule has 2 aliphatic rings. The minimum Gasteiger partial charge on any atom is -0.353 e. The zero-order valence-electron chi connectivity index (χ0n) is 35.1. The van der Waals surface area contributed by atoms with Crippen molar-refractivity contribution >= 4 is 0 Å². The molecule has 0 aromatic rings. The first kappa shape index (κ1) is 58.6. The predicted octanol–water partition coefficient (Wildman–Crippen LogP) is 15.4. The third kappa shape index (κ3) is 13.6. The third-order valence-electron chi connectivity index (χ3n) is 11.3. The summed E-state index contributed by atoms with van der Waals surface area (Å²) in [6.45, 7) is 2.08. The van der Waals surface area contributed by atoms with Gasteiger partial charge in [0.15, 0.2) is 12.6 Å². The Balaban J connectivity index is 1.93. The second-order valence-electron chi connectivity index (χ2n) is 16.5. The summed E-state index contributed by atoms with van der Waals surface area (Å²) in [6.07, 6.45) is 1.38. The first-order valence-corrected chi connectivity index (χ1v) is 21.7.